The van der Waals surface area contributed by atoms with Gasteiger partial charge in [-0.25, -0.2) is 0 Å². The first kappa shape index (κ1) is 24.7. The van der Waals surface area contributed by atoms with Crippen LogP contribution in [0.15, 0.2) is 108 Å². The van der Waals surface area contributed by atoms with E-state index in [4.69, 9.17) is 4.42 Å². The lowest BCUT2D eigenvalue weighted by atomic mass is 9.87. The molecule has 0 saturated heterocycles. The summed E-state index contributed by atoms with van der Waals surface area (Å²) in [6.07, 6.45) is 1.85. The fourth-order valence-electron chi connectivity index (χ4n) is 4.62. The average Bonchev–Trinajstić information content (AvgIpc) is 3.28. The van der Waals surface area contributed by atoms with Crippen LogP contribution in [0.5, 0.6) is 0 Å². The Morgan fingerprint density at radius 2 is 1.22 bits per heavy atom. The van der Waals surface area contributed by atoms with Gasteiger partial charge >= 0.3 is 0 Å². The Morgan fingerprint density at radius 3 is 1.86 bits per heavy atom. The molecule has 5 rings (SSSR count). The van der Waals surface area contributed by atoms with Crippen molar-refractivity contribution in [1.82, 2.24) is 0 Å². The molecule has 1 N–H and O–H groups in total. The van der Waals surface area contributed by atoms with E-state index in [-0.39, 0.29) is 10.8 Å². The SMILES string of the molecule is CC(C)(C)c1ccc(Nc2cccc(N(c3ccc(C(C)(C)C)cc3)c3coc4ccccc34)c2)cc1. The van der Waals surface area contributed by atoms with Crippen molar-refractivity contribution in [2.75, 3.05) is 10.2 Å². The topological polar surface area (TPSA) is 28.4 Å². The summed E-state index contributed by atoms with van der Waals surface area (Å²) < 4.78 is 5.96. The van der Waals surface area contributed by atoms with Crippen LogP contribution in [0.2, 0.25) is 0 Å². The van der Waals surface area contributed by atoms with Gasteiger partial charge in [-0.15, -0.1) is 0 Å². The standard InChI is InChI=1S/C34H36N2O/c1-33(2,3)24-14-18-26(19-15-24)35-27-10-9-11-29(22-27)36(28-20-16-25(17-21-28)34(4,5)6)31-23-37-32-13-8-7-12-30(31)32/h7-23,35H,1-6H3. The van der Waals surface area contributed by atoms with E-state index in [1.807, 2.05) is 18.4 Å². The molecule has 0 aliphatic rings. The summed E-state index contributed by atoms with van der Waals surface area (Å²) in [4.78, 5) is 2.27. The Balaban J connectivity index is 1.54. The molecule has 0 bridgehead atoms. The highest BCUT2D eigenvalue weighted by Crippen LogP contribution is 2.41. The number of hydrogen-bond donors (Lipinski definition) is 1. The summed E-state index contributed by atoms with van der Waals surface area (Å²) in [5.41, 5.74) is 9.01. The fourth-order valence-corrected chi connectivity index (χ4v) is 4.62. The van der Waals surface area contributed by atoms with Crippen LogP contribution in [0.3, 0.4) is 0 Å². The number of anilines is 5. The summed E-state index contributed by atoms with van der Waals surface area (Å²) in [6.45, 7) is 13.4. The van der Waals surface area contributed by atoms with Crippen LogP contribution in [0, 0.1) is 0 Å². The minimum Gasteiger partial charge on any atom is -0.462 e. The van der Waals surface area contributed by atoms with E-state index in [0.717, 1.165) is 39.4 Å². The monoisotopic (exact) mass is 488 g/mol. The van der Waals surface area contributed by atoms with Crippen LogP contribution < -0.4 is 10.2 Å². The molecule has 3 nitrogen and oxygen atoms in total. The molecule has 1 aromatic heterocycles. The maximum atomic E-state index is 5.96. The second kappa shape index (κ2) is 9.48. The van der Waals surface area contributed by atoms with E-state index in [2.05, 4.69) is 137 Å². The molecule has 0 unspecified atom stereocenters. The van der Waals surface area contributed by atoms with Crippen LogP contribution in [0.25, 0.3) is 11.0 Å². The van der Waals surface area contributed by atoms with Crippen LogP contribution in [-0.4, -0.2) is 0 Å². The summed E-state index contributed by atoms with van der Waals surface area (Å²) >= 11 is 0. The number of fused-ring (bicyclic) bond motifs is 1. The van der Waals surface area contributed by atoms with Crippen molar-refractivity contribution >= 4 is 39.4 Å². The third kappa shape index (κ3) is 5.27. The highest BCUT2D eigenvalue weighted by Gasteiger charge is 2.20. The predicted octanol–water partition coefficient (Wildman–Crippen LogP) is 10.2. The third-order valence-corrected chi connectivity index (χ3v) is 6.84. The predicted molar refractivity (Wildman–Crippen MR) is 158 cm³/mol. The van der Waals surface area contributed by atoms with Gasteiger partial charge in [0.15, 0.2) is 0 Å². The zero-order valence-corrected chi connectivity index (χ0v) is 22.7. The molecule has 4 aromatic carbocycles. The second-order valence-corrected chi connectivity index (χ2v) is 11.8. The summed E-state index contributed by atoms with van der Waals surface area (Å²) in [5, 5.41) is 4.67. The van der Waals surface area contributed by atoms with Gasteiger partial charge in [-0.3, -0.25) is 0 Å². The number of nitrogens with zero attached hydrogens (tertiary/aromatic N) is 1. The van der Waals surface area contributed by atoms with Gasteiger partial charge in [0, 0.05) is 28.1 Å². The van der Waals surface area contributed by atoms with E-state index in [1.54, 1.807) is 0 Å². The Hall–Kier alpha value is -3.98. The molecule has 188 valence electrons. The Bertz CT molecular complexity index is 1500. The van der Waals surface area contributed by atoms with Crippen LogP contribution in [0.1, 0.15) is 52.7 Å². The second-order valence-electron chi connectivity index (χ2n) is 11.8. The highest BCUT2D eigenvalue weighted by atomic mass is 16.3. The smallest absolute Gasteiger partial charge is 0.136 e. The molecule has 3 heteroatoms. The van der Waals surface area contributed by atoms with Gasteiger partial charge in [-0.2, -0.15) is 0 Å². The normalized spacial score (nSPS) is 12.1. The molecule has 0 aliphatic heterocycles. The van der Waals surface area contributed by atoms with Crippen molar-refractivity contribution in [1.29, 1.82) is 0 Å². The van der Waals surface area contributed by atoms with E-state index >= 15 is 0 Å². The lowest BCUT2D eigenvalue weighted by Crippen LogP contribution is -2.13. The maximum Gasteiger partial charge on any atom is 0.136 e. The summed E-state index contributed by atoms with van der Waals surface area (Å²) in [7, 11) is 0. The van der Waals surface area contributed by atoms with Gasteiger partial charge in [0.1, 0.15) is 11.8 Å². The minimum atomic E-state index is 0.0953. The van der Waals surface area contributed by atoms with Crippen molar-refractivity contribution in [3.8, 4) is 0 Å². The Morgan fingerprint density at radius 1 is 0.595 bits per heavy atom. The number of benzene rings is 4. The van der Waals surface area contributed by atoms with Crippen LogP contribution in [0.4, 0.5) is 28.4 Å². The van der Waals surface area contributed by atoms with Gasteiger partial charge in [0.25, 0.3) is 0 Å². The number of furan rings is 1. The largest absolute Gasteiger partial charge is 0.462 e. The number of nitrogens with one attached hydrogen (secondary N) is 1. The molecule has 0 saturated carbocycles. The molecule has 0 atom stereocenters. The molecule has 0 radical (unpaired) electrons. The maximum absolute atomic E-state index is 5.96. The summed E-state index contributed by atoms with van der Waals surface area (Å²) in [6, 6.07) is 34.3. The van der Waals surface area contributed by atoms with Crippen molar-refractivity contribution in [3.05, 3.63) is 114 Å². The highest BCUT2D eigenvalue weighted by molar-refractivity contribution is 5.96. The zero-order chi connectivity index (χ0) is 26.2. The first-order valence-electron chi connectivity index (χ1n) is 12.9. The molecule has 0 spiro atoms. The van der Waals surface area contributed by atoms with Crippen LogP contribution >= 0.6 is 0 Å². The van der Waals surface area contributed by atoms with Gasteiger partial charge in [-0.1, -0.05) is 84.0 Å². The quantitative estimate of drug-likeness (QED) is 0.267. The van der Waals surface area contributed by atoms with E-state index in [9.17, 15) is 0 Å². The van der Waals surface area contributed by atoms with Crippen molar-refractivity contribution in [2.24, 2.45) is 0 Å². The van der Waals surface area contributed by atoms with Crippen molar-refractivity contribution in [3.63, 3.8) is 0 Å². The Labute approximate surface area is 220 Å². The molecule has 37 heavy (non-hydrogen) atoms. The first-order valence-corrected chi connectivity index (χ1v) is 12.9. The van der Waals surface area contributed by atoms with Crippen molar-refractivity contribution in [2.45, 2.75) is 52.4 Å². The molecule has 0 fully saturated rings. The van der Waals surface area contributed by atoms with E-state index in [0.29, 0.717) is 0 Å². The van der Waals surface area contributed by atoms with Gasteiger partial charge in [-0.05, 0) is 76.6 Å². The fraction of sp³-hybridized carbons (Fsp3) is 0.235. The number of hydrogen-bond acceptors (Lipinski definition) is 3. The van der Waals surface area contributed by atoms with Gasteiger partial charge < -0.3 is 14.6 Å². The Kier molecular flexibility index (Phi) is 6.33. The number of rotatable bonds is 5. The molecular formula is C34H36N2O. The molecule has 0 aliphatic carbocycles. The number of para-hydroxylation sites is 1. The average molecular weight is 489 g/mol. The van der Waals surface area contributed by atoms with E-state index in [1.165, 1.54) is 11.1 Å². The molecule has 1 heterocycles. The molecular weight excluding hydrogens is 452 g/mol. The van der Waals surface area contributed by atoms with E-state index < -0.39 is 0 Å². The van der Waals surface area contributed by atoms with Gasteiger partial charge in [0.2, 0.25) is 0 Å². The lowest BCUT2D eigenvalue weighted by Gasteiger charge is -2.26. The van der Waals surface area contributed by atoms with Crippen molar-refractivity contribution < 1.29 is 4.42 Å². The van der Waals surface area contributed by atoms with Crippen LogP contribution in [-0.2, 0) is 10.8 Å². The first-order chi connectivity index (χ1) is 17.6. The lowest BCUT2D eigenvalue weighted by molar-refractivity contribution is 0.590. The minimum absolute atomic E-state index is 0.0953. The zero-order valence-electron chi connectivity index (χ0n) is 22.7. The molecule has 5 aromatic rings. The molecule has 0 amide bonds. The third-order valence-electron chi connectivity index (χ3n) is 6.84. The summed E-state index contributed by atoms with van der Waals surface area (Å²) in [5.74, 6) is 0. The van der Waals surface area contributed by atoms with Gasteiger partial charge in [0.05, 0.1) is 5.69 Å².